The predicted molar refractivity (Wildman–Crippen MR) is 84.1 cm³/mol. The molecule has 5 nitrogen and oxygen atoms in total. The molecule has 0 aliphatic carbocycles. The number of imidazole rings is 1. The molecule has 0 radical (unpaired) electrons. The van der Waals surface area contributed by atoms with Gasteiger partial charge in [-0.25, -0.2) is 15.0 Å². The number of anilines is 1. The van der Waals surface area contributed by atoms with Gasteiger partial charge in [0.2, 0.25) is 0 Å². The molecule has 3 aromatic rings. The lowest BCUT2D eigenvalue weighted by atomic mass is 10.1. The first-order valence-electron chi connectivity index (χ1n) is 7.32. The van der Waals surface area contributed by atoms with Crippen molar-refractivity contribution in [2.24, 2.45) is 0 Å². The fourth-order valence-corrected chi connectivity index (χ4v) is 2.29. The second kappa shape index (κ2) is 6.35. The van der Waals surface area contributed by atoms with E-state index in [1.165, 1.54) is 30.3 Å². The molecule has 0 bridgehead atoms. The first-order valence-corrected chi connectivity index (χ1v) is 7.32. The molecule has 0 spiro atoms. The van der Waals surface area contributed by atoms with Gasteiger partial charge in [0.05, 0.1) is 6.33 Å². The third-order valence-electron chi connectivity index (χ3n) is 3.52. The zero-order valence-electron chi connectivity index (χ0n) is 12.1. The Morgan fingerprint density at radius 1 is 1.05 bits per heavy atom. The van der Waals surface area contributed by atoms with Crippen LogP contribution in [-0.2, 0) is 13.0 Å². The number of hydrogen-bond donors (Lipinski definition) is 2. The molecule has 21 heavy (non-hydrogen) atoms. The number of aryl methyl sites for hydroxylation is 1. The van der Waals surface area contributed by atoms with Gasteiger partial charge in [0.15, 0.2) is 11.5 Å². The molecule has 1 aromatic carbocycles. The minimum atomic E-state index is 0.683. The normalized spacial score (nSPS) is 10.9. The van der Waals surface area contributed by atoms with Gasteiger partial charge in [-0.1, -0.05) is 37.6 Å². The van der Waals surface area contributed by atoms with Crippen LogP contribution in [0.3, 0.4) is 0 Å². The third kappa shape index (κ3) is 3.18. The minimum absolute atomic E-state index is 0.683. The lowest BCUT2D eigenvalue weighted by Gasteiger charge is -2.07. The molecule has 2 aromatic heterocycles. The molecule has 3 rings (SSSR count). The maximum atomic E-state index is 4.26. The van der Waals surface area contributed by atoms with Gasteiger partial charge in [-0.3, -0.25) is 0 Å². The van der Waals surface area contributed by atoms with E-state index < -0.39 is 0 Å². The standard InChI is InChI=1S/C16H19N5/c1-2-3-4-12-5-7-13(8-6-12)9-17-15-14-16(19-10-18-14)21-11-20-15/h5-8,10-11H,2-4,9H2,1H3,(H2,17,18,19,20,21). The molecular weight excluding hydrogens is 262 g/mol. The maximum absolute atomic E-state index is 4.26. The van der Waals surface area contributed by atoms with Crippen molar-refractivity contribution in [2.75, 3.05) is 5.32 Å². The zero-order valence-corrected chi connectivity index (χ0v) is 12.1. The van der Waals surface area contributed by atoms with Crippen molar-refractivity contribution in [3.8, 4) is 0 Å². The Kier molecular flexibility index (Phi) is 4.09. The van der Waals surface area contributed by atoms with Crippen LogP contribution < -0.4 is 5.32 Å². The van der Waals surface area contributed by atoms with Crippen molar-refractivity contribution in [1.82, 2.24) is 19.9 Å². The summed E-state index contributed by atoms with van der Waals surface area (Å²) in [6.07, 6.45) is 6.80. The quantitative estimate of drug-likeness (QED) is 0.727. The molecule has 0 amide bonds. The highest BCUT2D eigenvalue weighted by molar-refractivity contribution is 5.81. The van der Waals surface area contributed by atoms with E-state index in [2.05, 4.69) is 56.4 Å². The second-order valence-corrected chi connectivity index (χ2v) is 5.10. The second-order valence-electron chi connectivity index (χ2n) is 5.10. The molecule has 0 unspecified atom stereocenters. The van der Waals surface area contributed by atoms with E-state index in [1.54, 1.807) is 6.33 Å². The highest BCUT2D eigenvalue weighted by Crippen LogP contribution is 2.16. The number of aromatic amines is 1. The molecule has 0 aliphatic rings. The first-order chi connectivity index (χ1) is 10.4. The monoisotopic (exact) mass is 281 g/mol. The van der Waals surface area contributed by atoms with E-state index in [1.807, 2.05) is 0 Å². The molecule has 0 saturated carbocycles. The number of hydrogen-bond acceptors (Lipinski definition) is 4. The molecule has 0 aliphatic heterocycles. The largest absolute Gasteiger partial charge is 0.364 e. The summed E-state index contributed by atoms with van der Waals surface area (Å²) < 4.78 is 0. The Morgan fingerprint density at radius 3 is 2.67 bits per heavy atom. The van der Waals surface area contributed by atoms with Crippen LogP contribution >= 0.6 is 0 Å². The topological polar surface area (TPSA) is 66.5 Å². The van der Waals surface area contributed by atoms with E-state index >= 15 is 0 Å². The SMILES string of the molecule is CCCCc1ccc(CNc2ncnc3nc[nH]c23)cc1. The van der Waals surface area contributed by atoms with Gasteiger partial charge in [-0.05, 0) is 24.0 Å². The number of aromatic nitrogens is 4. The smallest absolute Gasteiger partial charge is 0.182 e. The van der Waals surface area contributed by atoms with E-state index in [9.17, 15) is 0 Å². The molecule has 0 saturated heterocycles. The van der Waals surface area contributed by atoms with Gasteiger partial charge in [-0.2, -0.15) is 0 Å². The summed E-state index contributed by atoms with van der Waals surface area (Å²) in [6, 6.07) is 8.75. The number of nitrogens with zero attached hydrogens (tertiary/aromatic N) is 3. The molecule has 0 atom stereocenters. The molecule has 0 fully saturated rings. The molecule has 2 N–H and O–H groups in total. The summed E-state index contributed by atoms with van der Waals surface area (Å²) in [6.45, 7) is 2.95. The highest BCUT2D eigenvalue weighted by Gasteiger charge is 2.05. The van der Waals surface area contributed by atoms with Gasteiger partial charge in [-0.15, -0.1) is 0 Å². The van der Waals surface area contributed by atoms with Crippen LogP contribution in [0.25, 0.3) is 11.2 Å². The number of unbranched alkanes of at least 4 members (excludes halogenated alkanes) is 1. The number of nitrogens with one attached hydrogen (secondary N) is 2. The average molecular weight is 281 g/mol. The summed E-state index contributed by atoms with van der Waals surface area (Å²) in [5.74, 6) is 0.785. The van der Waals surface area contributed by atoms with Crippen LogP contribution in [0.15, 0.2) is 36.9 Å². The van der Waals surface area contributed by atoms with Crippen molar-refractivity contribution in [3.63, 3.8) is 0 Å². The number of rotatable bonds is 6. The highest BCUT2D eigenvalue weighted by atomic mass is 15.1. The summed E-state index contributed by atoms with van der Waals surface area (Å²) in [4.78, 5) is 15.5. The van der Waals surface area contributed by atoms with Crippen LogP contribution in [0.5, 0.6) is 0 Å². The lowest BCUT2D eigenvalue weighted by molar-refractivity contribution is 0.794. The number of benzene rings is 1. The van der Waals surface area contributed by atoms with Gasteiger partial charge >= 0.3 is 0 Å². The Morgan fingerprint density at radius 2 is 1.86 bits per heavy atom. The summed E-state index contributed by atoms with van der Waals surface area (Å²) in [5, 5.41) is 3.33. The van der Waals surface area contributed by atoms with Crippen molar-refractivity contribution < 1.29 is 0 Å². The summed E-state index contributed by atoms with van der Waals surface area (Å²) in [5.41, 5.74) is 4.17. The van der Waals surface area contributed by atoms with Crippen molar-refractivity contribution in [3.05, 3.63) is 48.0 Å². The van der Waals surface area contributed by atoms with Crippen LogP contribution in [0.1, 0.15) is 30.9 Å². The predicted octanol–water partition coefficient (Wildman–Crippen LogP) is 3.31. The molecule has 2 heterocycles. The maximum Gasteiger partial charge on any atom is 0.182 e. The van der Waals surface area contributed by atoms with Gasteiger partial charge in [0.1, 0.15) is 11.8 Å². The van der Waals surface area contributed by atoms with Gasteiger partial charge in [0.25, 0.3) is 0 Å². The fourth-order valence-electron chi connectivity index (χ4n) is 2.29. The van der Waals surface area contributed by atoms with Crippen molar-refractivity contribution in [1.29, 1.82) is 0 Å². The van der Waals surface area contributed by atoms with Gasteiger partial charge < -0.3 is 10.3 Å². The van der Waals surface area contributed by atoms with Gasteiger partial charge in [0, 0.05) is 6.54 Å². The first kappa shape index (κ1) is 13.5. The Hall–Kier alpha value is -2.43. The average Bonchev–Trinajstić information content (AvgIpc) is 3.01. The lowest BCUT2D eigenvalue weighted by Crippen LogP contribution is -2.02. The Balaban J connectivity index is 1.66. The number of H-pyrrole nitrogens is 1. The molecule has 5 heteroatoms. The zero-order chi connectivity index (χ0) is 14.5. The van der Waals surface area contributed by atoms with Crippen LogP contribution in [0.4, 0.5) is 5.82 Å². The van der Waals surface area contributed by atoms with E-state index in [4.69, 9.17) is 0 Å². The van der Waals surface area contributed by atoms with Crippen LogP contribution in [0, 0.1) is 0 Å². The number of fused-ring (bicyclic) bond motifs is 1. The summed E-state index contributed by atoms with van der Waals surface area (Å²) >= 11 is 0. The van der Waals surface area contributed by atoms with E-state index in [0.29, 0.717) is 5.65 Å². The fraction of sp³-hybridized carbons (Fsp3) is 0.312. The van der Waals surface area contributed by atoms with Crippen molar-refractivity contribution >= 4 is 17.0 Å². The van der Waals surface area contributed by atoms with E-state index in [-0.39, 0.29) is 0 Å². The minimum Gasteiger partial charge on any atom is -0.364 e. The molecular formula is C16H19N5. The Bertz CT molecular complexity index is 702. The Labute approximate surface area is 123 Å². The van der Waals surface area contributed by atoms with E-state index in [0.717, 1.165) is 24.3 Å². The van der Waals surface area contributed by atoms with Crippen molar-refractivity contribution in [2.45, 2.75) is 32.7 Å². The van der Waals surface area contributed by atoms with Crippen LogP contribution in [0.2, 0.25) is 0 Å². The third-order valence-corrected chi connectivity index (χ3v) is 3.52. The molecule has 108 valence electrons. The van der Waals surface area contributed by atoms with Crippen LogP contribution in [-0.4, -0.2) is 19.9 Å². The summed E-state index contributed by atoms with van der Waals surface area (Å²) in [7, 11) is 0.